The summed E-state index contributed by atoms with van der Waals surface area (Å²) in [5.74, 6) is -0.890. The third-order valence-corrected chi connectivity index (χ3v) is 7.36. The summed E-state index contributed by atoms with van der Waals surface area (Å²) in [7, 11) is 0. The van der Waals surface area contributed by atoms with Crippen LogP contribution in [0.4, 0.5) is 4.39 Å². The smallest absolute Gasteiger partial charge is 0.307 e. The molecule has 1 aliphatic heterocycles. The van der Waals surface area contributed by atoms with E-state index < -0.39 is 11.8 Å². The molecule has 10 heteroatoms. The maximum absolute atomic E-state index is 15.1. The average Bonchev–Trinajstić information content (AvgIpc) is 3.22. The molecule has 36 heavy (non-hydrogen) atoms. The molecule has 1 amide bonds. The zero-order valence-corrected chi connectivity index (χ0v) is 22.0. The Hall–Kier alpha value is -3.14. The number of amides is 1. The number of hydrogen-bond donors (Lipinski definition) is 2. The van der Waals surface area contributed by atoms with Crippen LogP contribution in [0.1, 0.15) is 60.1 Å². The van der Waals surface area contributed by atoms with Gasteiger partial charge >= 0.3 is 5.97 Å². The van der Waals surface area contributed by atoms with Gasteiger partial charge in [-0.3, -0.25) is 9.59 Å². The van der Waals surface area contributed by atoms with E-state index in [4.69, 9.17) is 4.74 Å². The van der Waals surface area contributed by atoms with Gasteiger partial charge in [0.25, 0.3) is 5.91 Å². The lowest BCUT2D eigenvalue weighted by molar-refractivity contribution is -0.136. The summed E-state index contributed by atoms with van der Waals surface area (Å²) < 4.78 is 22.3. The van der Waals surface area contributed by atoms with Gasteiger partial charge in [0.1, 0.15) is 0 Å². The van der Waals surface area contributed by atoms with Gasteiger partial charge in [-0.05, 0) is 38.3 Å². The summed E-state index contributed by atoms with van der Waals surface area (Å²) in [4.78, 5) is 29.1. The summed E-state index contributed by atoms with van der Waals surface area (Å²) in [6.07, 6.45) is 1.11. The molecule has 4 rings (SSSR count). The van der Waals surface area contributed by atoms with Gasteiger partial charge in [-0.1, -0.05) is 20.8 Å². The number of halogens is 1. The molecule has 0 spiro atoms. The van der Waals surface area contributed by atoms with Gasteiger partial charge in [0, 0.05) is 45.5 Å². The lowest BCUT2D eigenvalue weighted by Crippen LogP contribution is -2.27. The minimum Gasteiger partial charge on any atom is -0.490 e. The van der Waals surface area contributed by atoms with E-state index in [0.29, 0.717) is 47.7 Å². The summed E-state index contributed by atoms with van der Waals surface area (Å²) in [5.41, 5.74) is 3.96. The Morgan fingerprint density at radius 2 is 2.03 bits per heavy atom. The van der Waals surface area contributed by atoms with Gasteiger partial charge < -0.3 is 15.2 Å². The topological polar surface area (TPSA) is 106 Å². The molecule has 3 aromatic rings. The number of nitrogens with one attached hydrogen (secondary N) is 1. The molecule has 3 heterocycles. The third kappa shape index (κ3) is 5.33. The minimum atomic E-state index is -1.04. The maximum Gasteiger partial charge on any atom is 0.307 e. The molecule has 0 radical (unpaired) electrons. The van der Waals surface area contributed by atoms with E-state index in [2.05, 4.69) is 36.2 Å². The van der Waals surface area contributed by atoms with Crippen LogP contribution in [0.5, 0.6) is 5.75 Å². The van der Waals surface area contributed by atoms with Crippen LogP contribution in [0, 0.1) is 19.7 Å². The van der Waals surface area contributed by atoms with Crippen molar-refractivity contribution in [1.29, 1.82) is 0 Å². The molecule has 1 aliphatic rings. The fourth-order valence-electron chi connectivity index (χ4n) is 4.42. The predicted molar refractivity (Wildman–Crippen MR) is 138 cm³/mol. The van der Waals surface area contributed by atoms with Crippen LogP contribution in [-0.2, 0) is 17.6 Å². The molecule has 0 bridgehead atoms. The van der Waals surface area contributed by atoms with Gasteiger partial charge in [-0.25, -0.2) is 13.9 Å². The number of thioether (sulfide) groups is 1. The Kier molecular flexibility index (Phi) is 7.26. The van der Waals surface area contributed by atoms with Crippen molar-refractivity contribution >= 4 is 29.3 Å². The summed E-state index contributed by atoms with van der Waals surface area (Å²) in [6.45, 7) is 10.9. The zero-order chi connectivity index (χ0) is 26.2. The number of carboxylic acid groups (broad SMARTS) is 1. The molecule has 0 aliphatic carbocycles. The second-order valence-electron chi connectivity index (χ2n) is 9.90. The van der Waals surface area contributed by atoms with Crippen LogP contribution in [0.15, 0.2) is 12.1 Å². The van der Waals surface area contributed by atoms with Crippen LogP contribution in [0.25, 0.3) is 16.9 Å². The number of rotatable bonds is 7. The summed E-state index contributed by atoms with van der Waals surface area (Å²) in [5, 5.41) is 17.0. The lowest BCUT2D eigenvalue weighted by Gasteiger charge is -2.23. The second-order valence-corrected chi connectivity index (χ2v) is 11.8. The fraction of sp³-hybridized carbons (Fsp3) is 0.462. The van der Waals surface area contributed by atoms with Crippen LogP contribution >= 0.6 is 11.8 Å². The molecule has 2 N–H and O–H groups in total. The molecule has 0 atom stereocenters. The number of carboxylic acids is 1. The van der Waals surface area contributed by atoms with Crippen LogP contribution in [0.3, 0.4) is 0 Å². The average molecular weight is 515 g/mol. The standard InChI is InChI=1S/C26H31FN4O4S/c1-14-16-7-6-9-35-24(16)19(27)11-17(14)23-18(12-22(32)33)15(2)29-21-13-20(30-31(21)23)25(34)28-8-10-36-26(3,4)5/h11,13H,6-10,12H2,1-5H3,(H,28,34)(H,32,33). The highest BCUT2D eigenvalue weighted by Gasteiger charge is 2.26. The Balaban J connectivity index is 1.81. The van der Waals surface area contributed by atoms with E-state index in [0.717, 1.165) is 23.3 Å². The Morgan fingerprint density at radius 1 is 1.28 bits per heavy atom. The highest BCUT2D eigenvalue weighted by atomic mass is 32.2. The number of aryl methyl sites for hydroxylation is 1. The number of fused-ring (bicyclic) bond motifs is 2. The third-order valence-electron chi connectivity index (χ3n) is 6.08. The largest absolute Gasteiger partial charge is 0.490 e. The summed E-state index contributed by atoms with van der Waals surface area (Å²) in [6, 6.07) is 2.94. The van der Waals surface area contributed by atoms with Crippen molar-refractivity contribution in [3.05, 3.63) is 46.0 Å². The summed E-state index contributed by atoms with van der Waals surface area (Å²) >= 11 is 1.75. The van der Waals surface area contributed by atoms with Crippen molar-refractivity contribution in [2.75, 3.05) is 18.9 Å². The Labute approximate surface area is 213 Å². The van der Waals surface area contributed by atoms with Gasteiger partial charge in [0.05, 0.1) is 18.7 Å². The van der Waals surface area contributed by atoms with Crippen molar-refractivity contribution in [3.8, 4) is 17.0 Å². The van der Waals surface area contributed by atoms with Crippen molar-refractivity contribution < 1.29 is 23.8 Å². The number of ether oxygens (including phenoxy) is 1. The lowest BCUT2D eigenvalue weighted by atomic mass is 9.91. The second kappa shape index (κ2) is 10.1. The minimum absolute atomic E-state index is 0.0950. The van der Waals surface area contributed by atoms with Crippen molar-refractivity contribution in [1.82, 2.24) is 19.9 Å². The predicted octanol–water partition coefficient (Wildman–Crippen LogP) is 4.37. The van der Waals surface area contributed by atoms with Crippen molar-refractivity contribution in [2.45, 2.75) is 58.6 Å². The Bertz CT molecular complexity index is 1350. The molecule has 192 valence electrons. The molecule has 8 nitrogen and oxygen atoms in total. The van der Waals surface area contributed by atoms with Crippen molar-refractivity contribution in [2.24, 2.45) is 0 Å². The SMILES string of the molecule is Cc1nc2cc(C(=O)NCCSC(C)(C)C)nn2c(-c2cc(F)c3c(c2C)CCCO3)c1CC(=O)O. The van der Waals surface area contributed by atoms with E-state index >= 15 is 4.39 Å². The monoisotopic (exact) mass is 514 g/mol. The number of carbonyl (C=O) groups excluding carboxylic acids is 1. The first-order valence-electron chi connectivity index (χ1n) is 11.9. The maximum atomic E-state index is 15.1. The molecule has 1 aromatic carbocycles. The van der Waals surface area contributed by atoms with Gasteiger partial charge in [0.15, 0.2) is 22.9 Å². The number of nitrogens with zero attached hydrogens (tertiary/aromatic N) is 3. The van der Waals surface area contributed by atoms with Crippen LogP contribution in [0.2, 0.25) is 0 Å². The molecular weight excluding hydrogens is 483 g/mol. The molecular formula is C26H31FN4O4S. The molecule has 0 unspecified atom stereocenters. The fourth-order valence-corrected chi connectivity index (χ4v) is 5.24. The molecule has 0 saturated heterocycles. The highest BCUT2D eigenvalue weighted by Crippen LogP contribution is 2.39. The number of carbonyl (C=O) groups is 2. The van der Waals surface area contributed by atoms with Gasteiger partial charge in [-0.2, -0.15) is 16.9 Å². The first kappa shape index (κ1) is 25.9. The van der Waals surface area contributed by atoms with E-state index in [-0.39, 0.29) is 28.5 Å². The molecule has 2 aromatic heterocycles. The van der Waals surface area contributed by atoms with Crippen molar-refractivity contribution in [3.63, 3.8) is 0 Å². The Morgan fingerprint density at radius 3 is 2.72 bits per heavy atom. The zero-order valence-electron chi connectivity index (χ0n) is 21.2. The van der Waals surface area contributed by atoms with E-state index in [1.54, 1.807) is 24.8 Å². The van der Waals surface area contributed by atoms with E-state index in [9.17, 15) is 14.7 Å². The number of benzene rings is 1. The van der Waals surface area contributed by atoms with Crippen LogP contribution < -0.4 is 10.1 Å². The van der Waals surface area contributed by atoms with Crippen LogP contribution in [-0.4, -0.2) is 55.2 Å². The number of aromatic nitrogens is 3. The molecule has 0 saturated carbocycles. The highest BCUT2D eigenvalue weighted by molar-refractivity contribution is 8.00. The van der Waals surface area contributed by atoms with Gasteiger partial charge in [-0.15, -0.1) is 0 Å². The normalized spacial score (nSPS) is 13.4. The van der Waals surface area contributed by atoms with Gasteiger partial charge in [0.2, 0.25) is 0 Å². The quantitative estimate of drug-likeness (QED) is 0.451. The number of aliphatic carboxylic acids is 1. The number of hydrogen-bond acceptors (Lipinski definition) is 6. The molecule has 0 fully saturated rings. The van der Waals surface area contributed by atoms with E-state index in [1.165, 1.54) is 10.6 Å². The first-order valence-corrected chi connectivity index (χ1v) is 12.9. The van der Waals surface area contributed by atoms with E-state index in [1.807, 2.05) is 6.92 Å². The first-order chi connectivity index (χ1) is 17.0.